The van der Waals surface area contributed by atoms with E-state index in [2.05, 4.69) is 6.58 Å². The van der Waals surface area contributed by atoms with E-state index >= 15 is 0 Å². The molecular weight excluding hydrogens is 407 g/mol. The monoisotopic (exact) mass is 436 g/mol. The van der Waals surface area contributed by atoms with Crippen LogP contribution in [-0.2, 0) is 20.7 Å². The summed E-state index contributed by atoms with van der Waals surface area (Å²) in [5, 5.41) is 0. The fraction of sp³-hybridized carbons (Fsp3) is 0.385. The zero-order valence-electron chi connectivity index (χ0n) is 18.2. The fourth-order valence-corrected chi connectivity index (χ4v) is 4.52. The molecule has 2 amide bonds. The van der Waals surface area contributed by atoms with Gasteiger partial charge in [0.05, 0.1) is 5.92 Å². The zero-order chi connectivity index (χ0) is 22.5. The molecule has 4 rings (SSSR count). The van der Waals surface area contributed by atoms with Gasteiger partial charge < -0.3 is 14.5 Å². The van der Waals surface area contributed by atoms with E-state index in [9.17, 15) is 14.0 Å². The first-order valence-electron chi connectivity index (χ1n) is 11.2. The molecular formula is C26H29FN2O3. The van der Waals surface area contributed by atoms with Gasteiger partial charge in [0, 0.05) is 32.8 Å². The number of ether oxygens (including phenoxy) is 1. The van der Waals surface area contributed by atoms with Gasteiger partial charge in [0.15, 0.2) is 0 Å². The van der Waals surface area contributed by atoms with E-state index in [4.69, 9.17) is 4.74 Å². The highest BCUT2D eigenvalue weighted by atomic mass is 19.1. The average Bonchev–Trinajstić information content (AvgIpc) is 3.30. The highest BCUT2D eigenvalue weighted by Gasteiger charge is 2.35. The second-order valence-electron chi connectivity index (χ2n) is 8.47. The number of nitrogens with zero attached hydrogens (tertiary/aromatic N) is 2. The molecule has 2 aliphatic rings. The van der Waals surface area contributed by atoms with Gasteiger partial charge in [0.25, 0.3) is 5.91 Å². The number of carbonyl (C=O) groups excluding carboxylic acids is 2. The Hall–Kier alpha value is -2.99. The maximum absolute atomic E-state index is 13.3. The van der Waals surface area contributed by atoms with Crippen molar-refractivity contribution in [2.24, 2.45) is 5.92 Å². The molecule has 5 nitrogen and oxygen atoms in total. The van der Waals surface area contributed by atoms with Crippen LogP contribution < -0.4 is 0 Å². The largest absolute Gasteiger partial charge is 0.368 e. The van der Waals surface area contributed by atoms with Crippen LogP contribution in [0.4, 0.5) is 4.39 Å². The molecule has 2 aromatic rings. The summed E-state index contributed by atoms with van der Waals surface area (Å²) in [7, 11) is 0. The molecule has 0 unspecified atom stereocenters. The lowest BCUT2D eigenvalue weighted by Crippen LogP contribution is -2.42. The van der Waals surface area contributed by atoms with Gasteiger partial charge in [-0.25, -0.2) is 4.39 Å². The van der Waals surface area contributed by atoms with Gasteiger partial charge in [0.2, 0.25) is 5.91 Å². The summed E-state index contributed by atoms with van der Waals surface area (Å²) in [5.41, 5.74) is 2.90. The van der Waals surface area contributed by atoms with Crippen LogP contribution in [0.3, 0.4) is 0 Å². The van der Waals surface area contributed by atoms with Crippen molar-refractivity contribution in [1.29, 1.82) is 0 Å². The quantitative estimate of drug-likeness (QED) is 0.649. The normalized spacial score (nSPS) is 21.5. The number of benzene rings is 2. The molecule has 32 heavy (non-hydrogen) atoms. The van der Waals surface area contributed by atoms with Crippen LogP contribution in [0.25, 0.3) is 11.1 Å². The Balaban J connectivity index is 1.55. The predicted octanol–water partition coefficient (Wildman–Crippen LogP) is 3.69. The van der Waals surface area contributed by atoms with E-state index in [-0.39, 0.29) is 23.5 Å². The number of halogens is 1. The molecule has 0 N–H and O–H groups in total. The fourth-order valence-electron chi connectivity index (χ4n) is 4.52. The lowest BCUT2D eigenvalue weighted by Gasteiger charge is -2.25. The smallest absolute Gasteiger partial charge is 0.251 e. The molecule has 2 aliphatic heterocycles. The highest BCUT2D eigenvalue weighted by Crippen LogP contribution is 2.25. The molecule has 6 heteroatoms. The second kappa shape index (κ2) is 10.1. The molecule has 0 aromatic heterocycles. The van der Waals surface area contributed by atoms with E-state index in [0.717, 1.165) is 29.5 Å². The van der Waals surface area contributed by atoms with Crippen LogP contribution in [0.15, 0.2) is 61.2 Å². The summed E-state index contributed by atoms with van der Waals surface area (Å²) < 4.78 is 18.9. The zero-order valence-corrected chi connectivity index (χ0v) is 18.2. The number of hydrogen-bond acceptors (Lipinski definition) is 3. The summed E-state index contributed by atoms with van der Waals surface area (Å²) >= 11 is 0. The Bertz CT molecular complexity index is 969. The molecule has 2 aromatic carbocycles. The summed E-state index contributed by atoms with van der Waals surface area (Å²) in [4.78, 5) is 29.9. The van der Waals surface area contributed by atoms with Crippen LogP contribution in [0.5, 0.6) is 0 Å². The first-order valence-corrected chi connectivity index (χ1v) is 11.2. The molecule has 2 atom stereocenters. The predicted molar refractivity (Wildman–Crippen MR) is 121 cm³/mol. The van der Waals surface area contributed by atoms with Gasteiger partial charge >= 0.3 is 0 Å². The first-order chi connectivity index (χ1) is 15.5. The van der Waals surface area contributed by atoms with Gasteiger partial charge in [-0.2, -0.15) is 0 Å². The van der Waals surface area contributed by atoms with Gasteiger partial charge in [-0.1, -0.05) is 42.5 Å². The van der Waals surface area contributed by atoms with Crippen molar-refractivity contribution in [3.63, 3.8) is 0 Å². The molecule has 0 radical (unpaired) electrons. The third kappa shape index (κ3) is 5.07. The van der Waals surface area contributed by atoms with E-state index < -0.39 is 6.10 Å². The third-order valence-corrected chi connectivity index (χ3v) is 6.19. The number of carbonyl (C=O) groups is 2. The SMILES string of the molecule is C=CCN1CCN(C(=O)[C@@H]2CCCO2)C[C@H](Cc2cccc(-c3ccc(F)cc3)c2)C1=O. The molecule has 0 spiro atoms. The Kier molecular flexibility index (Phi) is 7.00. The number of rotatable bonds is 6. The van der Waals surface area contributed by atoms with Crippen molar-refractivity contribution < 1.29 is 18.7 Å². The van der Waals surface area contributed by atoms with Gasteiger partial charge in [-0.15, -0.1) is 6.58 Å². The van der Waals surface area contributed by atoms with Crippen LogP contribution in [-0.4, -0.2) is 60.5 Å². The Morgan fingerprint density at radius 3 is 2.69 bits per heavy atom. The minimum atomic E-state index is -0.390. The van der Waals surface area contributed by atoms with Crippen molar-refractivity contribution in [2.75, 3.05) is 32.8 Å². The Labute approximate surface area is 188 Å². The lowest BCUT2D eigenvalue weighted by atomic mass is 9.94. The van der Waals surface area contributed by atoms with E-state index in [1.807, 2.05) is 24.3 Å². The van der Waals surface area contributed by atoms with Crippen molar-refractivity contribution in [2.45, 2.75) is 25.4 Å². The van der Waals surface area contributed by atoms with Gasteiger partial charge in [-0.05, 0) is 48.1 Å². The molecule has 0 saturated carbocycles. The van der Waals surface area contributed by atoms with E-state index in [0.29, 0.717) is 39.2 Å². The minimum absolute atomic E-state index is 0.0131. The number of amides is 2. The van der Waals surface area contributed by atoms with Gasteiger partial charge in [0.1, 0.15) is 11.9 Å². The average molecular weight is 437 g/mol. The maximum Gasteiger partial charge on any atom is 0.251 e. The van der Waals surface area contributed by atoms with Crippen LogP contribution in [0, 0.1) is 11.7 Å². The summed E-state index contributed by atoms with van der Waals surface area (Å²) in [6, 6.07) is 14.3. The standard InChI is InChI=1S/C26H29FN2O3/c1-2-12-28-13-14-29(26(31)24-7-4-15-32-24)18-22(25(28)30)17-19-5-3-6-21(16-19)20-8-10-23(27)11-9-20/h2-3,5-6,8-11,16,22,24H,1,4,7,12-15,17-18H2/t22-,24-/m0/s1. The van der Waals surface area contributed by atoms with Crippen LogP contribution in [0.1, 0.15) is 18.4 Å². The number of hydrogen-bond donors (Lipinski definition) is 0. The second-order valence-corrected chi connectivity index (χ2v) is 8.47. The molecule has 168 valence electrons. The molecule has 2 fully saturated rings. The van der Waals surface area contributed by atoms with E-state index in [1.54, 1.807) is 28.0 Å². The molecule has 0 aliphatic carbocycles. The van der Waals surface area contributed by atoms with Crippen molar-refractivity contribution in [3.05, 3.63) is 72.6 Å². The molecule has 2 saturated heterocycles. The van der Waals surface area contributed by atoms with Crippen LogP contribution >= 0.6 is 0 Å². The van der Waals surface area contributed by atoms with Gasteiger partial charge in [-0.3, -0.25) is 9.59 Å². The van der Waals surface area contributed by atoms with Crippen molar-refractivity contribution in [1.82, 2.24) is 9.80 Å². The van der Waals surface area contributed by atoms with E-state index in [1.165, 1.54) is 12.1 Å². The Morgan fingerprint density at radius 2 is 1.97 bits per heavy atom. The maximum atomic E-state index is 13.3. The molecule has 2 heterocycles. The van der Waals surface area contributed by atoms with Crippen molar-refractivity contribution >= 4 is 11.8 Å². The third-order valence-electron chi connectivity index (χ3n) is 6.19. The highest BCUT2D eigenvalue weighted by molar-refractivity contribution is 5.84. The first kappa shape index (κ1) is 22.2. The van der Waals surface area contributed by atoms with Crippen LogP contribution in [0.2, 0.25) is 0 Å². The summed E-state index contributed by atoms with van der Waals surface area (Å²) in [6.45, 7) is 6.24. The summed E-state index contributed by atoms with van der Waals surface area (Å²) in [6.07, 6.45) is 3.49. The topological polar surface area (TPSA) is 49.9 Å². The summed E-state index contributed by atoms with van der Waals surface area (Å²) in [5.74, 6) is -0.584. The Morgan fingerprint density at radius 1 is 1.16 bits per heavy atom. The molecule has 0 bridgehead atoms. The minimum Gasteiger partial charge on any atom is -0.368 e. The lowest BCUT2D eigenvalue weighted by molar-refractivity contribution is -0.141. The van der Waals surface area contributed by atoms with Crippen molar-refractivity contribution in [3.8, 4) is 11.1 Å².